The van der Waals surface area contributed by atoms with Gasteiger partial charge in [0, 0.05) is 25.2 Å². The van der Waals surface area contributed by atoms with Gasteiger partial charge < -0.3 is 9.80 Å². The molecule has 0 spiro atoms. The molecule has 0 radical (unpaired) electrons. The third-order valence-electron chi connectivity index (χ3n) is 3.87. The third-order valence-corrected chi connectivity index (χ3v) is 4.16. The summed E-state index contributed by atoms with van der Waals surface area (Å²) in [7, 11) is 0. The van der Waals surface area contributed by atoms with Crippen LogP contribution in [-0.2, 0) is 9.59 Å². The van der Waals surface area contributed by atoms with E-state index in [-0.39, 0.29) is 22.3 Å². The number of halogens is 2. The fourth-order valence-electron chi connectivity index (χ4n) is 2.68. The summed E-state index contributed by atoms with van der Waals surface area (Å²) in [4.78, 5) is 28.2. The Bertz CT molecular complexity index is 628. The van der Waals surface area contributed by atoms with E-state index in [0.29, 0.717) is 25.2 Å². The quantitative estimate of drug-likeness (QED) is 0.827. The van der Waals surface area contributed by atoms with Crippen molar-refractivity contribution in [2.75, 3.05) is 18.0 Å². The molecule has 0 N–H and O–H groups in total. The number of hydrogen-bond acceptors (Lipinski definition) is 2. The smallest absolute Gasteiger partial charge is 0.249 e. The van der Waals surface area contributed by atoms with Gasteiger partial charge in [0.05, 0.1) is 5.02 Å². The van der Waals surface area contributed by atoms with Crippen LogP contribution in [0.5, 0.6) is 0 Å². The summed E-state index contributed by atoms with van der Waals surface area (Å²) < 4.78 is 13.3. The number of benzene rings is 1. The van der Waals surface area contributed by atoms with Gasteiger partial charge in [-0.05, 0) is 30.5 Å². The molecule has 1 atom stereocenters. The Morgan fingerprint density at radius 3 is 2.57 bits per heavy atom. The summed E-state index contributed by atoms with van der Waals surface area (Å²) in [5, 5.41) is -0.0193. The highest BCUT2D eigenvalue weighted by atomic mass is 35.5. The summed E-state index contributed by atoms with van der Waals surface area (Å²) >= 11 is 5.79. The van der Waals surface area contributed by atoms with Crippen molar-refractivity contribution in [3.05, 3.63) is 29.0 Å². The summed E-state index contributed by atoms with van der Waals surface area (Å²) in [6.07, 6.45) is 0.396. The van der Waals surface area contributed by atoms with Gasteiger partial charge in [0.2, 0.25) is 11.8 Å². The van der Waals surface area contributed by atoms with Crippen molar-refractivity contribution in [1.29, 1.82) is 0 Å². The highest BCUT2D eigenvalue weighted by molar-refractivity contribution is 6.31. The molecule has 1 saturated heterocycles. The lowest BCUT2D eigenvalue weighted by atomic mass is 9.91. The number of hydrogen-bond donors (Lipinski definition) is 0. The van der Waals surface area contributed by atoms with Crippen molar-refractivity contribution in [2.45, 2.75) is 40.2 Å². The zero-order valence-electron chi connectivity index (χ0n) is 13.9. The molecule has 2 rings (SSSR count). The van der Waals surface area contributed by atoms with E-state index < -0.39 is 11.9 Å². The molecule has 4 nitrogen and oxygen atoms in total. The highest BCUT2D eigenvalue weighted by Crippen LogP contribution is 2.27. The first-order valence-corrected chi connectivity index (χ1v) is 8.04. The number of carbonyl (C=O) groups is 2. The van der Waals surface area contributed by atoms with Crippen LogP contribution in [0, 0.1) is 11.2 Å². The monoisotopic (exact) mass is 340 g/mol. The number of piperazine rings is 1. The van der Waals surface area contributed by atoms with Gasteiger partial charge in [-0.15, -0.1) is 0 Å². The van der Waals surface area contributed by atoms with Crippen LogP contribution in [0.25, 0.3) is 0 Å². The Hall–Kier alpha value is -1.62. The lowest BCUT2D eigenvalue weighted by molar-refractivity contribution is -0.142. The Morgan fingerprint density at radius 2 is 2.00 bits per heavy atom. The number of amides is 2. The Morgan fingerprint density at radius 1 is 1.35 bits per heavy atom. The maximum Gasteiger partial charge on any atom is 0.249 e. The molecule has 2 amide bonds. The molecule has 1 aromatic rings. The maximum absolute atomic E-state index is 13.3. The second-order valence-corrected chi connectivity index (χ2v) is 7.50. The Labute approximate surface area is 141 Å². The average Bonchev–Trinajstić information content (AvgIpc) is 2.43. The topological polar surface area (TPSA) is 40.6 Å². The van der Waals surface area contributed by atoms with Gasteiger partial charge in [0.1, 0.15) is 11.9 Å². The second kappa shape index (κ2) is 6.48. The first-order valence-electron chi connectivity index (χ1n) is 7.66. The van der Waals surface area contributed by atoms with E-state index in [1.165, 1.54) is 18.2 Å². The molecule has 0 bridgehead atoms. The average molecular weight is 341 g/mol. The molecule has 0 unspecified atom stereocenters. The van der Waals surface area contributed by atoms with Crippen LogP contribution in [0.3, 0.4) is 0 Å². The van der Waals surface area contributed by atoms with Crippen molar-refractivity contribution >= 4 is 29.1 Å². The zero-order valence-corrected chi connectivity index (χ0v) is 14.7. The minimum absolute atomic E-state index is 0.0184. The molecular weight excluding hydrogens is 319 g/mol. The fourth-order valence-corrected chi connectivity index (χ4v) is 2.85. The zero-order chi connectivity index (χ0) is 17.4. The van der Waals surface area contributed by atoms with Gasteiger partial charge in [0.15, 0.2) is 0 Å². The first-order chi connectivity index (χ1) is 10.6. The van der Waals surface area contributed by atoms with Crippen LogP contribution < -0.4 is 4.90 Å². The normalized spacial score (nSPS) is 19.2. The van der Waals surface area contributed by atoms with Crippen LogP contribution in [0.15, 0.2) is 18.2 Å². The van der Waals surface area contributed by atoms with Crippen molar-refractivity contribution in [2.24, 2.45) is 5.41 Å². The minimum atomic E-state index is -0.539. The molecule has 1 fully saturated rings. The molecule has 0 aliphatic carbocycles. The summed E-state index contributed by atoms with van der Waals surface area (Å²) in [5.41, 5.74) is 0.428. The molecule has 0 aromatic heterocycles. The van der Waals surface area contributed by atoms with Crippen molar-refractivity contribution < 1.29 is 14.0 Å². The van der Waals surface area contributed by atoms with Gasteiger partial charge in [0.25, 0.3) is 0 Å². The van der Waals surface area contributed by atoms with Gasteiger partial charge in [-0.3, -0.25) is 9.59 Å². The van der Waals surface area contributed by atoms with Crippen molar-refractivity contribution in [3.63, 3.8) is 0 Å². The van der Waals surface area contributed by atoms with Gasteiger partial charge in [-0.1, -0.05) is 32.4 Å². The Balaban J connectivity index is 2.15. The molecule has 1 aliphatic heterocycles. The number of rotatable bonds is 2. The predicted molar refractivity (Wildman–Crippen MR) is 89.0 cm³/mol. The molecular formula is C17H22ClFN2O2. The van der Waals surface area contributed by atoms with E-state index in [9.17, 15) is 14.0 Å². The van der Waals surface area contributed by atoms with Gasteiger partial charge >= 0.3 is 0 Å². The number of nitrogens with zero attached hydrogens (tertiary/aromatic N) is 2. The van der Waals surface area contributed by atoms with E-state index in [0.717, 1.165) is 0 Å². The van der Waals surface area contributed by atoms with Crippen LogP contribution in [-0.4, -0.2) is 35.8 Å². The number of anilines is 1. The van der Waals surface area contributed by atoms with Crippen LogP contribution in [0.2, 0.25) is 5.02 Å². The molecule has 1 aromatic carbocycles. The molecule has 1 heterocycles. The molecule has 23 heavy (non-hydrogen) atoms. The second-order valence-electron chi connectivity index (χ2n) is 7.09. The summed E-state index contributed by atoms with van der Waals surface area (Å²) in [6.45, 7) is 8.54. The number of carbonyl (C=O) groups excluding carboxylic acids is 2. The third kappa shape index (κ3) is 4.02. The standard InChI is InChI=1S/C17H22ClFN2O2/c1-11-16(23)21(12-5-6-14(19)13(18)9-12)8-7-20(11)15(22)10-17(2,3)4/h5-6,9,11H,7-8,10H2,1-4H3/t11-/m0/s1. The van der Waals surface area contributed by atoms with E-state index in [2.05, 4.69) is 0 Å². The van der Waals surface area contributed by atoms with E-state index in [4.69, 9.17) is 11.6 Å². The highest BCUT2D eigenvalue weighted by Gasteiger charge is 2.36. The van der Waals surface area contributed by atoms with Crippen LogP contribution >= 0.6 is 11.6 Å². The summed E-state index contributed by atoms with van der Waals surface area (Å²) in [6, 6.07) is 3.67. The van der Waals surface area contributed by atoms with Gasteiger partial charge in [-0.25, -0.2) is 4.39 Å². The SMILES string of the molecule is C[C@H]1C(=O)N(c2ccc(F)c(Cl)c2)CCN1C(=O)CC(C)(C)C. The molecule has 6 heteroatoms. The van der Waals surface area contributed by atoms with Crippen molar-refractivity contribution in [1.82, 2.24) is 4.90 Å². The van der Waals surface area contributed by atoms with Gasteiger partial charge in [-0.2, -0.15) is 0 Å². The summed E-state index contributed by atoms with van der Waals surface area (Å²) in [5.74, 6) is -0.716. The lowest BCUT2D eigenvalue weighted by Crippen LogP contribution is -2.58. The molecule has 1 aliphatic rings. The minimum Gasteiger partial charge on any atom is -0.329 e. The largest absolute Gasteiger partial charge is 0.329 e. The van der Waals surface area contributed by atoms with Crippen molar-refractivity contribution in [3.8, 4) is 0 Å². The molecule has 0 saturated carbocycles. The van der Waals surface area contributed by atoms with E-state index in [1.54, 1.807) is 16.7 Å². The maximum atomic E-state index is 13.3. The first kappa shape index (κ1) is 17.7. The van der Waals surface area contributed by atoms with Crippen LogP contribution in [0.1, 0.15) is 34.1 Å². The fraction of sp³-hybridized carbons (Fsp3) is 0.529. The van der Waals surface area contributed by atoms with E-state index >= 15 is 0 Å². The molecule has 126 valence electrons. The lowest BCUT2D eigenvalue weighted by Gasteiger charge is -2.40. The van der Waals surface area contributed by atoms with E-state index in [1.807, 2.05) is 20.8 Å². The van der Waals surface area contributed by atoms with Crippen LogP contribution in [0.4, 0.5) is 10.1 Å². The Kier molecular flexibility index (Phi) is 4.99. The predicted octanol–water partition coefficient (Wildman–Crippen LogP) is 3.48.